The van der Waals surface area contributed by atoms with Crippen molar-refractivity contribution in [1.29, 1.82) is 0 Å². The zero-order chi connectivity index (χ0) is 11.5. The molecule has 16 heavy (non-hydrogen) atoms. The summed E-state index contributed by atoms with van der Waals surface area (Å²) in [6.45, 7) is 3.71. The fourth-order valence-electron chi connectivity index (χ4n) is 2.49. The van der Waals surface area contributed by atoms with Gasteiger partial charge in [0, 0.05) is 25.2 Å². The van der Waals surface area contributed by atoms with Crippen LogP contribution in [0.25, 0.3) is 0 Å². The topological polar surface area (TPSA) is 32.7 Å². The Hall–Kier alpha value is -1.60. The SMILES string of the molecule is Cc1cccc2c1N(C)CCC2CN=C=O. The Kier molecular flexibility index (Phi) is 3.07. The first kappa shape index (κ1) is 10.9. The second kappa shape index (κ2) is 4.50. The monoisotopic (exact) mass is 216 g/mol. The Morgan fingerprint density at radius 3 is 3.12 bits per heavy atom. The van der Waals surface area contributed by atoms with Gasteiger partial charge in [-0.05, 0) is 24.5 Å². The van der Waals surface area contributed by atoms with Crippen LogP contribution in [-0.4, -0.2) is 26.2 Å². The molecule has 1 heterocycles. The molecule has 0 aromatic heterocycles. The fourth-order valence-corrected chi connectivity index (χ4v) is 2.49. The summed E-state index contributed by atoms with van der Waals surface area (Å²) >= 11 is 0. The van der Waals surface area contributed by atoms with Gasteiger partial charge in [0.1, 0.15) is 0 Å². The van der Waals surface area contributed by atoms with Gasteiger partial charge in [-0.2, -0.15) is 0 Å². The number of anilines is 1. The van der Waals surface area contributed by atoms with Gasteiger partial charge in [-0.25, -0.2) is 9.79 Å². The molecule has 1 aromatic carbocycles. The molecule has 1 unspecified atom stereocenters. The lowest BCUT2D eigenvalue weighted by molar-refractivity contribution is 0.555. The summed E-state index contributed by atoms with van der Waals surface area (Å²) < 4.78 is 0. The summed E-state index contributed by atoms with van der Waals surface area (Å²) in [6.07, 6.45) is 2.69. The molecule has 0 saturated heterocycles. The summed E-state index contributed by atoms with van der Waals surface area (Å²) in [6, 6.07) is 6.34. The van der Waals surface area contributed by atoms with Gasteiger partial charge in [-0.15, -0.1) is 0 Å². The van der Waals surface area contributed by atoms with Crippen LogP contribution >= 0.6 is 0 Å². The van der Waals surface area contributed by atoms with Gasteiger partial charge in [-0.1, -0.05) is 18.2 Å². The molecule has 0 aliphatic carbocycles. The van der Waals surface area contributed by atoms with Crippen LogP contribution < -0.4 is 4.90 Å². The minimum Gasteiger partial charge on any atom is -0.374 e. The van der Waals surface area contributed by atoms with Gasteiger partial charge in [-0.3, -0.25) is 0 Å². The third-order valence-corrected chi connectivity index (χ3v) is 3.28. The van der Waals surface area contributed by atoms with Crippen LogP contribution in [0.5, 0.6) is 0 Å². The second-order valence-corrected chi connectivity index (χ2v) is 4.35. The highest BCUT2D eigenvalue weighted by atomic mass is 16.1. The number of hydrogen-bond donors (Lipinski definition) is 0. The van der Waals surface area contributed by atoms with Crippen molar-refractivity contribution >= 4 is 11.8 Å². The fraction of sp³-hybridized carbons (Fsp3) is 0.462. The predicted octanol–water partition coefficient (Wildman–Crippen LogP) is 2.25. The molecule has 0 spiro atoms. The zero-order valence-corrected chi connectivity index (χ0v) is 9.73. The number of aliphatic imine (C=N–C) groups is 1. The van der Waals surface area contributed by atoms with Crippen molar-refractivity contribution in [3.05, 3.63) is 29.3 Å². The van der Waals surface area contributed by atoms with Crippen molar-refractivity contribution < 1.29 is 4.79 Å². The summed E-state index contributed by atoms with van der Waals surface area (Å²) in [5, 5.41) is 0. The lowest BCUT2D eigenvalue weighted by Gasteiger charge is -2.33. The Morgan fingerprint density at radius 2 is 2.38 bits per heavy atom. The number of hydrogen-bond acceptors (Lipinski definition) is 3. The molecule has 1 atom stereocenters. The maximum Gasteiger partial charge on any atom is 0.234 e. The number of rotatable bonds is 2. The summed E-state index contributed by atoms with van der Waals surface area (Å²) in [4.78, 5) is 16.2. The van der Waals surface area contributed by atoms with Gasteiger partial charge in [0.2, 0.25) is 6.08 Å². The van der Waals surface area contributed by atoms with Crippen molar-refractivity contribution in [3.8, 4) is 0 Å². The first-order chi connectivity index (χ1) is 7.74. The summed E-state index contributed by atoms with van der Waals surface area (Å²) in [7, 11) is 2.12. The third kappa shape index (κ3) is 1.86. The molecule has 0 fully saturated rings. The van der Waals surface area contributed by atoms with Crippen molar-refractivity contribution in [2.45, 2.75) is 19.3 Å². The van der Waals surface area contributed by atoms with Crippen LogP contribution in [0.4, 0.5) is 5.69 Å². The standard InChI is InChI=1S/C13H16N2O/c1-10-4-3-5-12-11(8-14-9-16)6-7-15(2)13(10)12/h3-5,11H,6-8H2,1-2H3. The highest BCUT2D eigenvalue weighted by Crippen LogP contribution is 2.36. The highest BCUT2D eigenvalue weighted by Gasteiger charge is 2.23. The van der Waals surface area contributed by atoms with E-state index in [-0.39, 0.29) is 0 Å². The lowest BCUT2D eigenvalue weighted by Crippen LogP contribution is -2.29. The van der Waals surface area contributed by atoms with E-state index in [1.807, 2.05) is 0 Å². The number of isocyanates is 1. The van der Waals surface area contributed by atoms with Gasteiger partial charge in [0.15, 0.2) is 0 Å². The molecule has 3 heteroatoms. The van der Waals surface area contributed by atoms with Crippen LogP contribution in [0, 0.1) is 6.92 Å². The molecule has 0 amide bonds. The van der Waals surface area contributed by atoms with E-state index in [0.29, 0.717) is 12.5 Å². The van der Waals surface area contributed by atoms with Crippen LogP contribution in [0.15, 0.2) is 23.2 Å². The molecule has 84 valence electrons. The molecule has 2 rings (SSSR count). The number of fused-ring (bicyclic) bond motifs is 1. The molecule has 0 saturated carbocycles. The average molecular weight is 216 g/mol. The van der Waals surface area contributed by atoms with Crippen LogP contribution in [0.1, 0.15) is 23.5 Å². The quantitative estimate of drug-likeness (QED) is 0.561. The third-order valence-electron chi connectivity index (χ3n) is 3.28. The molecule has 1 aliphatic rings. The lowest BCUT2D eigenvalue weighted by atomic mass is 9.88. The van der Waals surface area contributed by atoms with Gasteiger partial charge >= 0.3 is 0 Å². The maximum absolute atomic E-state index is 10.2. The van der Waals surface area contributed by atoms with Crippen LogP contribution in [0.3, 0.4) is 0 Å². The van der Waals surface area contributed by atoms with Crippen LogP contribution in [0.2, 0.25) is 0 Å². The molecule has 0 bridgehead atoms. The maximum atomic E-state index is 10.2. The number of benzene rings is 1. The van der Waals surface area contributed by atoms with E-state index >= 15 is 0 Å². The molecule has 0 N–H and O–H groups in total. The van der Waals surface area contributed by atoms with Crippen molar-refractivity contribution in [3.63, 3.8) is 0 Å². The van der Waals surface area contributed by atoms with E-state index in [4.69, 9.17) is 0 Å². The number of aryl methyl sites for hydroxylation is 1. The predicted molar refractivity (Wildman–Crippen MR) is 64.8 cm³/mol. The Bertz CT molecular complexity index is 436. The van der Waals surface area contributed by atoms with Crippen molar-refractivity contribution in [2.75, 3.05) is 25.0 Å². The van der Waals surface area contributed by atoms with E-state index in [1.165, 1.54) is 16.8 Å². The van der Waals surface area contributed by atoms with E-state index in [9.17, 15) is 4.79 Å². The zero-order valence-electron chi connectivity index (χ0n) is 9.73. The number of para-hydroxylation sites is 1. The Balaban J connectivity index is 2.40. The average Bonchev–Trinajstić information content (AvgIpc) is 2.28. The highest BCUT2D eigenvalue weighted by molar-refractivity contribution is 5.62. The summed E-state index contributed by atoms with van der Waals surface area (Å²) in [5.74, 6) is 0.368. The van der Waals surface area contributed by atoms with Crippen molar-refractivity contribution in [1.82, 2.24) is 0 Å². The van der Waals surface area contributed by atoms with E-state index in [2.05, 4.69) is 42.1 Å². The molecular weight excluding hydrogens is 200 g/mol. The number of nitrogens with zero attached hydrogens (tertiary/aromatic N) is 2. The van der Waals surface area contributed by atoms with E-state index in [1.54, 1.807) is 6.08 Å². The number of carbonyl (C=O) groups excluding carboxylic acids is 1. The van der Waals surface area contributed by atoms with E-state index in [0.717, 1.165) is 13.0 Å². The molecule has 1 aromatic rings. The first-order valence-corrected chi connectivity index (χ1v) is 5.58. The molecular formula is C13H16N2O. The minimum atomic E-state index is 0.368. The second-order valence-electron chi connectivity index (χ2n) is 4.35. The summed E-state index contributed by atoms with van der Waals surface area (Å²) in [5.41, 5.74) is 3.91. The molecule has 0 radical (unpaired) electrons. The van der Waals surface area contributed by atoms with Crippen LogP contribution in [-0.2, 0) is 4.79 Å². The van der Waals surface area contributed by atoms with E-state index < -0.39 is 0 Å². The van der Waals surface area contributed by atoms with Gasteiger partial charge < -0.3 is 4.90 Å². The Labute approximate surface area is 95.8 Å². The minimum absolute atomic E-state index is 0.368. The molecule has 3 nitrogen and oxygen atoms in total. The largest absolute Gasteiger partial charge is 0.374 e. The Morgan fingerprint density at radius 1 is 1.56 bits per heavy atom. The van der Waals surface area contributed by atoms with Gasteiger partial charge in [0.05, 0.1) is 6.54 Å². The first-order valence-electron chi connectivity index (χ1n) is 5.58. The molecule has 1 aliphatic heterocycles. The van der Waals surface area contributed by atoms with Crippen molar-refractivity contribution in [2.24, 2.45) is 4.99 Å². The normalized spacial score (nSPS) is 18.9. The van der Waals surface area contributed by atoms with Gasteiger partial charge in [0.25, 0.3) is 0 Å². The smallest absolute Gasteiger partial charge is 0.234 e.